The van der Waals surface area contributed by atoms with E-state index in [1.807, 2.05) is 30.3 Å². The smallest absolute Gasteiger partial charge is 0.273 e. The quantitative estimate of drug-likeness (QED) is 0.920. The largest absolute Gasteiger partial charge is 0.355 e. The summed E-state index contributed by atoms with van der Waals surface area (Å²) in [6.45, 7) is 6.78. The minimum atomic E-state index is -0.208. The zero-order chi connectivity index (χ0) is 13.9. The van der Waals surface area contributed by atoms with Gasteiger partial charge >= 0.3 is 0 Å². The molecule has 1 heterocycles. The molecule has 0 bridgehead atoms. The molecule has 0 spiro atoms. The highest BCUT2D eigenvalue weighted by molar-refractivity contribution is 5.93. The normalized spacial score (nSPS) is 11.3. The van der Waals surface area contributed by atoms with Crippen molar-refractivity contribution >= 4 is 5.91 Å². The van der Waals surface area contributed by atoms with Gasteiger partial charge in [-0.2, -0.15) is 0 Å². The third-order valence-corrected chi connectivity index (χ3v) is 2.58. The zero-order valence-corrected chi connectivity index (χ0v) is 11.4. The van der Waals surface area contributed by atoms with Crippen LogP contribution in [0.3, 0.4) is 0 Å². The van der Waals surface area contributed by atoms with Gasteiger partial charge in [0.15, 0.2) is 11.5 Å². The minimum Gasteiger partial charge on any atom is -0.355 e. The van der Waals surface area contributed by atoms with Gasteiger partial charge in [0, 0.05) is 18.2 Å². The van der Waals surface area contributed by atoms with E-state index in [0.29, 0.717) is 18.0 Å². The predicted octanol–water partition coefficient (Wildman–Crippen LogP) is 3.12. The van der Waals surface area contributed by atoms with Crippen LogP contribution >= 0.6 is 0 Å². The summed E-state index contributed by atoms with van der Waals surface area (Å²) in [6.07, 6.45) is 0. The van der Waals surface area contributed by atoms with Crippen LogP contribution in [0.2, 0.25) is 0 Å². The first-order valence-electron chi connectivity index (χ1n) is 6.26. The van der Waals surface area contributed by atoms with Gasteiger partial charge in [-0.3, -0.25) is 4.79 Å². The van der Waals surface area contributed by atoms with E-state index in [1.54, 1.807) is 6.07 Å². The lowest BCUT2D eigenvalue weighted by Crippen LogP contribution is -2.32. The molecule has 19 heavy (non-hydrogen) atoms. The van der Waals surface area contributed by atoms with Crippen molar-refractivity contribution in [2.24, 2.45) is 5.41 Å². The van der Waals surface area contributed by atoms with E-state index in [0.717, 1.165) is 5.56 Å². The molecule has 2 rings (SSSR count). The molecule has 0 saturated carbocycles. The molecule has 4 nitrogen and oxygen atoms in total. The molecule has 1 amide bonds. The predicted molar refractivity (Wildman–Crippen MR) is 73.7 cm³/mol. The molecule has 0 aliphatic rings. The Balaban J connectivity index is 2.07. The maximum atomic E-state index is 11.9. The molecule has 0 atom stereocenters. The Bertz CT molecular complexity index is 553. The van der Waals surface area contributed by atoms with E-state index < -0.39 is 0 Å². The summed E-state index contributed by atoms with van der Waals surface area (Å²) >= 11 is 0. The number of benzene rings is 1. The van der Waals surface area contributed by atoms with Gasteiger partial charge < -0.3 is 9.84 Å². The topological polar surface area (TPSA) is 55.1 Å². The maximum absolute atomic E-state index is 11.9. The van der Waals surface area contributed by atoms with E-state index in [4.69, 9.17) is 4.52 Å². The molecule has 0 radical (unpaired) electrons. The SMILES string of the molecule is CC(C)(C)CNC(=O)c1cc(-c2ccccc2)on1. The number of aromatic nitrogens is 1. The second kappa shape index (κ2) is 5.26. The first kappa shape index (κ1) is 13.3. The second-order valence-corrected chi connectivity index (χ2v) is 5.69. The van der Waals surface area contributed by atoms with Crippen LogP contribution in [0.5, 0.6) is 0 Å². The van der Waals surface area contributed by atoms with E-state index in [-0.39, 0.29) is 11.3 Å². The fourth-order valence-corrected chi connectivity index (χ4v) is 1.56. The van der Waals surface area contributed by atoms with Gasteiger partial charge in [0.25, 0.3) is 5.91 Å². The van der Waals surface area contributed by atoms with Gasteiger partial charge in [-0.25, -0.2) is 0 Å². The summed E-state index contributed by atoms with van der Waals surface area (Å²) in [5, 5.41) is 6.65. The van der Waals surface area contributed by atoms with Crippen molar-refractivity contribution in [3.05, 3.63) is 42.1 Å². The van der Waals surface area contributed by atoms with E-state index in [9.17, 15) is 4.79 Å². The maximum Gasteiger partial charge on any atom is 0.273 e. The average Bonchev–Trinajstić information content (AvgIpc) is 2.86. The number of carbonyl (C=O) groups excluding carboxylic acids is 1. The van der Waals surface area contributed by atoms with Gasteiger partial charge in [-0.1, -0.05) is 56.3 Å². The lowest BCUT2D eigenvalue weighted by Gasteiger charge is -2.17. The second-order valence-electron chi connectivity index (χ2n) is 5.69. The Hall–Kier alpha value is -2.10. The number of hydrogen-bond donors (Lipinski definition) is 1. The van der Waals surface area contributed by atoms with Crippen molar-refractivity contribution < 1.29 is 9.32 Å². The third kappa shape index (κ3) is 3.68. The average molecular weight is 258 g/mol. The minimum absolute atomic E-state index is 0.0433. The lowest BCUT2D eigenvalue weighted by atomic mass is 9.97. The molecule has 4 heteroatoms. The highest BCUT2D eigenvalue weighted by atomic mass is 16.5. The molecule has 0 aliphatic heterocycles. The summed E-state index contributed by atoms with van der Waals surface area (Å²) in [6, 6.07) is 11.2. The Morgan fingerprint density at radius 2 is 1.95 bits per heavy atom. The molecular formula is C15H18N2O2. The Labute approximate surface area is 112 Å². The van der Waals surface area contributed by atoms with Crippen LogP contribution in [-0.4, -0.2) is 17.6 Å². The van der Waals surface area contributed by atoms with E-state index in [1.165, 1.54) is 0 Å². The van der Waals surface area contributed by atoms with Gasteiger partial charge in [0.05, 0.1) is 0 Å². The molecule has 0 aliphatic carbocycles. The Morgan fingerprint density at radius 3 is 2.58 bits per heavy atom. The fourth-order valence-electron chi connectivity index (χ4n) is 1.56. The van der Waals surface area contributed by atoms with Crippen molar-refractivity contribution in [3.8, 4) is 11.3 Å². The number of nitrogens with one attached hydrogen (secondary N) is 1. The molecule has 1 aromatic heterocycles. The van der Waals surface area contributed by atoms with Gasteiger partial charge in [0.2, 0.25) is 0 Å². The van der Waals surface area contributed by atoms with Gasteiger partial charge in [0.1, 0.15) is 0 Å². The Morgan fingerprint density at radius 1 is 1.26 bits per heavy atom. The highest BCUT2D eigenvalue weighted by Gasteiger charge is 2.16. The third-order valence-electron chi connectivity index (χ3n) is 2.58. The molecule has 100 valence electrons. The number of nitrogens with zero attached hydrogens (tertiary/aromatic N) is 1. The van der Waals surface area contributed by atoms with Crippen LogP contribution in [-0.2, 0) is 0 Å². The van der Waals surface area contributed by atoms with Crippen molar-refractivity contribution in [1.29, 1.82) is 0 Å². The standard InChI is InChI=1S/C15H18N2O2/c1-15(2,3)10-16-14(18)12-9-13(19-17-12)11-7-5-4-6-8-11/h4-9H,10H2,1-3H3,(H,16,18). The molecular weight excluding hydrogens is 240 g/mol. The summed E-state index contributed by atoms with van der Waals surface area (Å²) < 4.78 is 5.19. The van der Waals surface area contributed by atoms with E-state index >= 15 is 0 Å². The molecule has 1 aromatic carbocycles. The van der Waals surface area contributed by atoms with Crippen molar-refractivity contribution in [1.82, 2.24) is 10.5 Å². The van der Waals surface area contributed by atoms with Crippen molar-refractivity contribution in [2.75, 3.05) is 6.54 Å². The summed E-state index contributed by atoms with van der Waals surface area (Å²) in [7, 11) is 0. The number of hydrogen-bond acceptors (Lipinski definition) is 3. The van der Waals surface area contributed by atoms with Crippen LogP contribution in [0.25, 0.3) is 11.3 Å². The van der Waals surface area contributed by atoms with Crippen molar-refractivity contribution in [3.63, 3.8) is 0 Å². The first-order valence-corrected chi connectivity index (χ1v) is 6.26. The number of carbonyl (C=O) groups is 1. The highest BCUT2D eigenvalue weighted by Crippen LogP contribution is 2.19. The van der Waals surface area contributed by atoms with Crippen LogP contribution in [0.1, 0.15) is 31.3 Å². The molecule has 0 unspecified atom stereocenters. The fraction of sp³-hybridized carbons (Fsp3) is 0.333. The monoisotopic (exact) mass is 258 g/mol. The van der Waals surface area contributed by atoms with Crippen LogP contribution in [0.15, 0.2) is 40.9 Å². The summed E-state index contributed by atoms with van der Waals surface area (Å²) in [5.41, 5.74) is 1.26. The van der Waals surface area contributed by atoms with Crippen LogP contribution < -0.4 is 5.32 Å². The summed E-state index contributed by atoms with van der Waals surface area (Å²) in [5.74, 6) is 0.391. The molecule has 1 N–H and O–H groups in total. The van der Waals surface area contributed by atoms with Crippen molar-refractivity contribution in [2.45, 2.75) is 20.8 Å². The van der Waals surface area contributed by atoms with E-state index in [2.05, 4.69) is 31.2 Å². The van der Waals surface area contributed by atoms with Crippen LogP contribution in [0, 0.1) is 5.41 Å². The Kier molecular flexibility index (Phi) is 3.69. The molecule has 0 fully saturated rings. The molecule has 2 aromatic rings. The number of amides is 1. The lowest BCUT2D eigenvalue weighted by molar-refractivity contribution is 0.0930. The first-order chi connectivity index (χ1) is 8.96. The number of rotatable bonds is 3. The van der Waals surface area contributed by atoms with Crippen LogP contribution in [0.4, 0.5) is 0 Å². The summed E-state index contributed by atoms with van der Waals surface area (Å²) in [4.78, 5) is 11.9. The zero-order valence-electron chi connectivity index (χ0n) is 11.4. The van der Waals surface area contributed by atoms with Gasteiger partial charge in [-0.05, 0) is 5.41 Å². The molecule has 0 saturated heterocycles. The van der Waals surface area contributed by atoms with Gasteiger partial charge in [-0.15, -0.1) is 0 Å².